The number of carbonyl (C=O) groups excluding carboxylic acids is 2. The number of amides is 3. The Morgan fingerprint density at radius 3 is 2.62 bits per heavy atom. The van der Waals surface area contributed by atoms with Crippen LogP contribution in [-0.2, 0) is 9.53 Å². The van der Waals surface area contributed by atoms with E-state index in [2.05, 4.69) is 50.6 Å². The van der Waals surface area contributed by atoms with E-state index in [9.17, 15) is 9.59 Å². The zero-order valence-corrected chi connectivity index (χ0v) is 19.8. The second kappa shape index (κ2) is 10.9. The Bertz CT molecular complexity index is 557. The summed E-state index contributed by atoms with van der Waals surface area (Å²) in [6.45, 7) is 13.1. The standard InChI is InChI=1S/C22H41N3O3S/c1-6-21(3,4)14-28-15-22(5,7-2)13-23-18(26)11-9-8-10-17-19-16(12-29-17)24-20(27)25-19/h16-17,19H,6-15H2,1-5H3,(H,23,26)(H2,24,25,27). The molecule has 4 atom stereocenters. The zero-order valence-electron chi connectivity index (χ0n) is 18.9. The van der Waals surface area contributed by atoms with Crippen LogP contribution in [0, 0.1) is 10.8 Å². The van der Waals surface area contributed by atoms with Crippen molar-refractivity contribution in [2.45, 2.75) is 90.5 Å². The number of fused-ring (bicyclic) bond motifs is 1. The van der Waals surface area contributed by atoms with E-state index in [1.807, 2.05) is 11.8 Å². The van der Waals surface area contributed by atoms with Gasteiger partial charge in [0, 0.05) is 29.4 Å². The first-order chi connectivity index (χ1) is 13.7. The van der Waals surface area contributed by atoms with E-state index in [4.69, 9.17) is 4.74 Å². The fourth-order valence-electron chi connectivity index (χ4n) is 3.63. The molecule has 3 N–H and O–H groups in total. The monoisotopic (exact) mass is 427 g/mol. The van der Waals surface area contributed by atoms with E-state index in [1.165, 1.54) is 0 Å². The number of nitrogens with one attached hydrogen (secondary N) is 3. The molecule has 2 fully saturated rings. The van der Waals surface area contributed by atoms with Crippen LogP contribution in [0.5, 0.6) is 0 Å². The smallest absolute Gasteiger partial charge is 0.315 e. The molecule has 29 heavy (non-hydrogen) atoms. The van der Waals surface area contributed by atoms with Crippen molar-refractivity contribution in [2.75, 3.05) is 25.5 Å². The summed E-state index contributed by atoms with van der Waals surface area (Å²) in [5.41, 5.74) is 0.176. The zero-order chi connectivity index (χ0) is 21.5. The van der Waals surface area contributed by atoms with Gasteiger partial charge in [-0.15, -0.1) is 0 Å². The van der Waals surface area contributed by atoms with Crippen molar-refractivity contribution in [2.24, 2.45) is 10.8 Å². The van der Waals surface area contributed by atoms with Gasteiger partial charge >= 0.3 is 6.03 Å². The molecule has 3 amide bonds. The van der Waals surface area contributed by atoms with Crippen molar-refractivity contribution in [1.82, 2.24) is 16.0 Å². The number of hydrogen-bond donors (Lipinski definition) is 3. The molecule has 0 aliphatic carbocycles. The van der Waals surface area contributed by atoms with E-state index >= 15 is 0 Å². The van der Waals surface area contributed by atoms with Crippen molar-refractivity contribution in [3.63, 3.8) is 0 Å². The molecule has 7 heteroatoms. The van der Waals surface area contributed by atoms with Crippen molar-refractivity contribution in [1.29, 1.82) is 0 Å². The molecular formula is C22H41N3O3S. The van der Waals surface area contributed by atoms with Crippen molar-refractivity contribution >= 4 is 23.7 Å². The summed E-state index contributed by atoms with van der Waals surface area (Å²) in [5.74, 6) is 1.12. The van der Waals surface area contributed by atoms with Gasteiger partial charge in [0.1, 0.15) is 0 Å². The van der Waals surface area contributed by atoms with Gasteiger partial charge in [-0.1, -0.05) is 41.0 Å². The van der Waals surface area contributed by atoms with Gasteiger partial charge in [0.25, 0.3) is 0 Å². The molecule has 0 aromatic rings. The topological polar surface area (TPSA) is 79.5 Å². The number of ether oxygens (including phenoxy) is 1. The molecule has 2 heterocycles. The summed E-state index contributed by atoms with van der Waals surface area (Å²) in [5, 5.41) is 9.58. The predicted molar refractivity (Wildman–Crippen MR) is 120 cm³/mol. The van der Waals surface area contributed by atoms with Gasteiger partial charge in [0.15, 0.2) is 0 Å². The number of rotatable bonds is 13. The third-order valence-electron chi connectivity index (χ3n) is 6.55. The minimum Gasteiger partial charge on any atom is -0.380 e. The predicted octanol–water partition coefficient (Wildman–Crippen LogP) is 3.70. The summed E-state index contributed by atoms with van der Waals surface area (Å²) >= 11 is 1.93. The molecule has 6 nitrogen and oxygen atoms in total. The van der Waals surface area contributed by atoms with Crippen LogP contribution in [0.1, 0.15) is 73.1 Å². The normalized spacial score (nSPS) is 25.8. The largest absolute Gasteiger partial charge is 0.380 e. The van der Waals surface area contributed by atoms with Crippen molar-refractivity contribution < 1.29 is 14.3 Å². The molecule has 0 saturated carbocycles. The molecule has 2 aliphatic rings. The fourth-order valence-corrected chi connectivity index (χ4v) is 5.17. The quantitative estimate of drug-likeness (QED) is 0.309. The summed E-state index contributed by atoms with van der Waals surface area (Å²) in [7, 11) is 0. The highest BCUT2D eigenvalue weighted by Crippen LogP contribution is 2.33. The van der Waals surface area contributed by atoms with Crippen molar-refractivity contribution in [3.05, 3.63) is 0 Å². The van der Waals surface area contributed by atoms with E-state index < -0.39 is 0 Å². The molecule has 2 saturated heterocycles. The Labute approximate surface area is 181 Å². The number of urea groups is 1. The van der Waals surface area contributed by atoms with Gasteiger partial charge in [-0.05, 0) is 31.1 Å². The molecule has 0 spiro atoms. The van der Waals surface area contributed by atoms with E-state index in [1.54, 1.807) is 0 Å². The molecule has 2 aliphatic heterocycles. The molecular weight excluding hydrogens is 386 g/mol. The highest BCUT2D eigenvalue weighted by atomic mass is 32.2. The maximum Gasteiger partial charge on any atom is 0.315 e. The molecule has 0 aromatic heterocycles. The summed E-state index contributed by atoms with van der Waals surface area (Å²) in [6, 6.07) is 0.493. The first-order valence-corrected chi connectivity index (χ1v) is 12.3. The van der Waals surface area contributed by atoms with Gasteiger partial charge < -0.3 is 20.7 Å². The van der Waals surface area contributed by atoms with Crippen LogP contribution in [0.2, 0.25) is 0 Å². The third-order valence-corrected chi connectivity index (χ3v) is 8.06. The van der Waals surface area contributed by atoms with E-state index in [-0.39, 0.29) is 34.9 Å². The Morgan fingerprint density at radius 2 is 1.93 bits per heavy atom. The Kier molecular flexibility index (Phi) is 9.14. The van der Waals surface area contributed by atoms with Crippen LogP contribution in [0.3, 0.4) is 0 Å². The van der Waals surface area contributed by atoms with Crippen LogP contribution < -0.4 is 16.0 Å². The first-order valence-electron chi connectivity index (χ1n) is 11.2. The summed E-state index contributed by atoms with van der Waals surface area (Å²) in [4.78, 5) is 23.7. The maximum atomic E-state index is 12.3. The van der Waals surface area contributed by atoms with E-state index in [0.717, 1.165) is 44.5 Å². The minimum absolute atomic E-state index is 0.0251. The summed E-state index contributed by atoms with van der Waals surface area (Å²) < 4.78 is 5.99. The Balaban J connectivity index is 1.60. The SMILES string of the molecule is CCC(C)(C)COCC(C)(CC)CNC(=O)CCCCC1SCC2NC(=O)NC21. The number of hydrogen-bond acceptors (Lipinski definition) is 4. The van der Waals surface area contributed by atoms with Crippen molar-refractivity contribution in [3.8, 4) is 0 Å². The Morgan fingerprint density at radius 1 is 1.17 bits per heavy atom. The molecule has 168 valence electrons. The third kappa shape index (κ3) is 7.67. The molecule has 2 rings (SSSR count). The number of carbonyl (C=O) groups is 2. The van der Waals surface area contributed by atoms with Crippen LogP contribution >= 0.6 is 11.8 Å². The highest BCUT2D eigenvalue weighted by Gasteiger charge is 2.42. The molecule has 0 aromatic carbocycles. The van der Waals surface area contributed by atoms with Gasteiger partial charge in [-0.3, -0.25) is 4.79 Å². The van der Waals surface area contributed by atoms with Gasteiger partial charge in [0.2, 0.25) is 5.91 Å². The summed E-state index contributed by atoms with van der Waals surface area (Å²) in [6.07, 6.45) is 5.60. The van der Waals surface area contributed by atoms with Gasteiger partial charge in [-0.2, -0.15) is 11.8 Å². The second-order valence-corrected chi connectivity index (χ2v) is 11.1. The van der Waals surface area contributed by atoms with Gasteiger partial charge in [-0.25, -0.2) is 4.79 Å². The minimum atomic E-state index is -0.0362. The lowest BCUT2D eigenvalue weighted by atomic mass is 9.87. The fraction of sp³-hybridized carbons (Fsp3) is 0.909. The van der Waals surface area contributed by atoms with Crippen LogP contribution in [0.4, 0.5) is 4.79 Å². The lowest BCUT2D eigenvalue weighted by Crippen LogP contribution is -2.39. The molecule has 4 unspecified atom stereocenters. The maximum absolute atomic E-state index is 12.3. The average molecular weight is 428 g/mol. The Hall–Kier alpha value is -0.950. The average Bonchev–Trinajstić information content (AvgIpc) is 3.23. The number of thioether (sulfide) groups is 1. The molecule has 0 bridgehead atoms. The lowest BCUT2D eigenvalue weighted by Gasteiger charge is -2.31. The van der Waals surface area contributed by atoms with Crippen LogP contribution in [-0.4, -0.2) is 54.8 Å². The number of unbranched alkanes of at least 4 members (excludes halogenated alkanes) is 1. The first kappa shape index (κ1) is 24.3. The lowest BCUT2D eigenvalue weighted by molar-refractivity contribution is -0.122. The highest BCUT2D eigenvalue weighted by molar-refractivity contribution is 8.00. The van der Waals surface area contributed by atoms with Gasteiger partial charge in [0.05, 0.1) is 25.3 Å². The van der Waals surface area contributed by atoms with Crippen LogP contribution in [0.25, 0.3) is 0 Å². The second-order valence-electron chi connectivity index (χ2n) is 9.82. The van der Waals surface area contributed by atoms with Crippen LogP contribution in [0.15, 0.2) is 0 Å². The van der Waals surface area contributed by atoms with E-state index in [0.29, 0.717) is 24.8 Å². The molecule has 0 radical (unpaired) electrons.